The van der Waals surface area contributed by atoms with Crippen LogP contribution in [0.15, 0.2) is 29.3 Å². The standard InChI is InChI=1S/C14H20N4O2/c1-15-13(19)10-20-12-5-3-4-11(8-12)9-17-14-16-6-7-18(14)2/h3-5,8H,6-7,9-10H2,1-2H3,(H,15,19)(H,16,17). The largest absolute Gasteiger partial charge is 0.484 e. The SMILES string of the molecule is CNC(=O)COc1cccc(CNC2=NCCN2C)c1. The number of hydrogen-bond donors (Lipinski definition) is 2. The molecule has 1 heterocycles. The summed E-state index contributed by atoms with van der Waals surface area (Å²) in [5, 5.41) is 5.81. The van der Waals surface area contributed by atoms with Crippen LogP contribution in [-0.2, 0) is 11.3 Å². The number of carbonyl (C=O) groups excluding carboxylic acids is 1. The quantitative estimate of drug-likeness (QED) is 0.806. The first-order valence-electron chi connectivity index (χ1n) is 6.61. The highest BCUT2D eigenvalue weighted by molar-refractivity contribution is 5.81. The van der Waals surface area contributed by atoms with Gasteiger partial charge < -0.3 is 20.3 Å². The summed E-state index contributed by atoms with van der Waals surface area (Å²) in [7, 11) is 3.60. The maximum Gasteiger partial charge on any atom is 0.257 e. The van der Waals surface area contributed by atoms with Gasteiger partial charge in [-0.3, -0.25) is 9.79 Å². The zero-order chi connectivity index (χ0) is 14.4. The number of hydrogen-bond acceptors (Lipinski definition) is 5. The van der Waals surface area contributed by atoms with Crippen molar-refractivity contribution in [3.63, 3.8) is 0 Å². The molecule has 1 aliphatic rings. The second kappa shape index (κ2) is 6.79. The van der Waals surface area contributed by atoms with Crippen molar-refractivity contribution in [2.45, 2.75) is 6.54 Å². The molecule has 1 aromatic carbocycles. The van der Waals surface area contributed by atoms with E-state index in [-0.39, 0.29) is 12.5 Å². The molecule has 108 valence electrons. The minimum absolute atomic E-state index is 0.0306. The maximum absolute atomic E-state index is 11.1. The third-order valence-electron chi connectivity index (χ3n) is 3.06. The molecule has 0 aromatic heterocycles. The number of amides is 1. The van der Waals surface area contributed by atoms with Crippen molar-refractivity contribution in [1.82, 2.24) is 15.5 Å². The number of rotatable bonds is 5. The number of likely N-dealkylation sites (N-methyl/N-ethyl adjacent to an activating group) is 2. The molecule has 0 radical (unpaired) electrons. The lowest BCUT2D eigenvalue weighted by molar-refractivity contribution is -0.122. The van der Waals surface area contributed by atoms with E-state index < -0.39 is 0 Å². The van der Waals surface area contributed by atoms with Gasteiger partial charge in [0.15, 0.2) is 12.6 Å². The van der Waals surface area contributed by atoms with Crippen molar-refractivity contribution in [1.29, 1.82) is 0 Å². The van der Waals surface area contributed by atoms with E-state index in [1.165, 1.54) is 0 Å². The van der Waals surface area contributed by atoms with E-state index in [1.54, 1.807) is 7.05 Å². The molecular weight excluding hydrogens is 256 g/mol. The highest BCUT2D eigenvalue weighted by Gasteiger charge is 2.11. The number of carbonyl (C=O) groups is 1. The van der Waals surface area contributed by atoms with Gasteiger partial charge in [-0.2, -0.15) is 0 Å². The fourth-order valence-electron chi connectivity index (χ4n) is 1.87. The Labute approximate surface area is 118 Å². The van der Waals surface area contributed by atoms with Crippen molar-refractivity contribution in [2.75, 3.05) is 33.8 Å². The number of aliphatic imine (C=N–C) groups is 1. The van der Waals surface area contributed by atoms with Gasteiger partial charge >= 0.3 is 0 Å². The van der Waals surface area contributed by atoms with Gasteiger partial charge in [0.1, 0.15) is 5.75 Å². The van der Waals surface area contributed by atoms with Gasteiger partial charge in [0, 0.05) is 27.2 Å². The average molecular weight is 276 g/mol. The minimum atomic E-state index is -0.143. The van der Waals surface area contributed by atoms with Gasteiger partial charge in [-0.15, -0.1) is 0 Å². The topological polar surface area (TPSA) is 66.0 Å². The predicted octanol–water partition coefficient (Wildman–Crippen LogP) is 0.202. The molecule has 0 aliphatic carbocycles. The predicted molar refractivity (Wildman–Crippen MR) is 77.8 cm³/mol. The number of benzene rings is 1. The first kappa shape index (κ1) is 14.2. The number of guanidine groups is 1. The molecule has 0 saturated heterocycles. The van der Waals surface area contributed by atoms with Crippen LogP contribution in [0.3, 0.4) is 0 Å². The molecule has 0 bridgehead atoms. The van der Waals surface area contributed by atoms with Gasteiger partial charge in [-0.25, -0.2) is 0 Å². The molecule has 2 N–H and O–H groups in total. The Morgan fingerprint density at radius 1 is 1.50 bits per heavy atom. The van der Waals surface area contributed by atoms with Gasteiger partial charge in [-0.05, 0) is 17.7 Å². The van der Waals surface area contributed by atoms with Crippen molar-refractivity contribution in [3.8, 4) is 5.75 Å². The summed E-state index contributed by atoms with van der Waals surface area (Å²) < 4.78 is 5.41. The normalized spacial score (nSPS) is 13.9. The molecule has 1 aromatic rings. The Bertz CT molecular complexity index is 502. The highest BCUT2D eigenvalue weighted by Crippen LogP contribution is 2.13. The summed E-state index contributed by atoms with van der Waals surface area (Å²) in [6, 6.07) is 7.68. The van der Waals surface area contributed by atoms with Crippen LogP contribution in [-0.4, -0.2) is 50.6 Å². The highest BCUT2D eigenvalue weighted by atomic mass is 16.5. The summed E-state index contributed by atoms with van der Waals surface area (Å²) >= 11 is 0. The van der Waals surface area contributed by atoms with Gasteiger partial charge in [0.05, 0.1) is 6.54 Å². The Hall–Kier alpha value is -2.24. The monoisotopic (exact) mass is 276 g/mol. The van der Waals surface area contributed by atoms with Crippen LogP contribution in [0.5, 0.6) is 5.75 Å². The molecule has 0 fully saturated rings. The molecule has 6 nitrogen and oxygen atoms in total. The number of nitrogens with one attached hydrogen (secondary N) is 2. The van der Waals surface area contributed by atoms with Crippen LogP contribution in [0.25, 0.3) is 0 Å². The van der Waals surface area contributed by atoms with Crippen LogP contribution >= 0.6 is 0 Å². The summed E-state index contributed by atoms with van der Waals surface area (Å²) in [5.41, 5.74) is 1.09. The molecule has 1 aliphatic heterocycles. The number of ether oxygens (including phenoxy) is 1. The molecule has 1 amide bonds. The Morgan fingerprint density at radius 2 is 2.35 bits per heavy atom. The van der Waals surface area contributed by atoms with Gasteiger partial charge in [0.25, 0.3) is 5.91 Å². The first-order chi connectivity index (χ1) is 9.69. The lowest BCUT2D eigenvalue weighted by Gasteiger charge is -2.15. The van der Waals surface area contributed by atoms with E-state index in [4.69, 9.17) is 4.74 Å². The van der Waals surface area contributed by atoms with E-state index in [0.717, 1.165) is 24.6 Å². The second-order valence-corrected chi connectivity index (χ2v) is 4.59. The minimum Gasteiger partial charge on any atom is -0.484 e. The van der Waals surface area contributed by atoms with E-state index in [2.05, 4.69) is 20.5 Å². The van der Waals surface area contributed by atoms with Crippen molar-refractivity contribution in [3.05, 3.63) is 29.8 Å². The summed E-state index contributed by atoms with van der Waals surface area (Å²) in [4.78, 5) is 17.6. The zero-order valence-electron chi connectivity index (χ0n) is 11.8. The molecule has 20 heavy (non-hydrogen) atoms. The first-order valence-corrected chi connectivity index (χ1v) is 6.61. The summed E-state index contributed by atoms with van der Waals surface area (Å²) in [6.07, 6.45) is 0. The third kappa shape index (κ3) is 3.88. The molecular formula is C14H20N4O2. The molecule has 6 heteroatoms. The molecule has 0 unspecified atom stereocenters. The lowest BCUT2D eigenvalue weighted by Crippen LogP contribution is -2.35. The van der Waals surface area contributed by atoms with Gasteiger partial charge in [-0.1, -0.05) is 12.1 Å². The summed E-state index contributed by atoms with van der Waals surface area (Å²) in [6.45, 7) is 2.51. The van der Waals surface area contributed by atoms with Crippen LogP contribution in [0.4, 0.5) is 0 Å². The van der Waals surface area contributed by atoms with Gasteiger partial charge in [0.2, 0.25) is 0 Å². The molecule has 0 saturated carbocycles. The van der Waals surface area contributed by atoms with Crippen molar-refractivity contribution in [2.24, 2.45) is 4.99 Å². The Morgan fingerprint density at radius 3 is 3.05 bits per heavy atom. The van der Waals surface area contributed by atoms with Crippen molar-refractivity contribution >= 4 is 11.9 Å². The van der Waals surface area contributed by atoms with Crippen LogP contribution in [0, 0.1) is 0 Å². The fourth-order valence-corrected chi connectivity index (χ4v) is 1.87. The zero-order valence-corrected chi connectivity index (χ0v) is 11.8. The van der Waals surface area contributed by atoms with E-state index >= 15 is 0 Å². The van der Waals surface area contributed by atoms with Crippen LogP contribution < -0.4 is 15.4 Å². The third-order valence-corrected chi connectivity index (χ3v) is 3.06. The van der Waals surface area contributed by atoms with Crippen LogP contribution in [0.1, 0.15) is 5.56 Å². The average Bonchev–Trinajstić information content (AvgIpc) is 2.88. The van der Waals surface area contributed by atoms with Crippen molar-refractivity contribution < 1.29 is 9.53 Å². The lowest BCUT2D eigenvalue weighted by atomic mass is 10.2. The summed E-state index contributed by atoms with van der Waals surface area (Å²) in [5.74, 6) is 1.46. The van der Waals surface area contributed by atoms with E-state index in [9.17, 15) is 4.79 Å². The smallest absolute Gasteiger partial charge is 0.257 e. The second-order valence-electron chi connectivity index (χ2n) is 4.59. The number of nitrogens with zero attached hydrogens (tertiary/aromatic N) is 2. The van der Waals surface area contributed by atoms with E-state index in [0.29, 0.717) is 12.3 Å². The maximum atomic E-state index is 11.1. The molecule has 0 spiro atoms. The fraction of sp³-hybridized carbons (Fsp3) is 0.429. The van der Waals surface area contributed by atoms with Crippen LogP contribution in [0.2, 0.25) is 0 Å². The molecule has 2 rings (SSSR count). The van der Waals surface area contributed by atoms with E-state index in [1.807, 2.05) is 31.3 Å². The molecule has 0 atom stereocenters. The Kier molecular flexibility index (Phi) is 4.81. The Balaban J connectivity index is 1.87.